The van der Waals surface area contributed by atoms with Crippen LogP contribution in [0.5, 0.6) is 0 Å². The van der Waals surface area contributed by atoms with Gasteiger partial charge in [-0.15, -0.1) is 0 Å². The molecule has 0 aromatic carbocycles. The summed E-state index contributed by atoms with van der Waals surface area (Å²) < 4.78 is 5.49. The monoisotopic (exact) mass is 256 g/mol. The fourth-order valence-corrected chi connectivity index (χ4v) is 1.34. The topological polar surface area (TPSA) is 21.3 Å². The molecule has 0 aliphatic carbocycles. The van der Waals surface area contributed by atoms with Gasteiger partial charge in [0.1, 0.15) is 0 Å². The van der Waals surface area contributed by atoms with Gasteiger partial charge in [-0.05, 0) is 48.5 Å². The van der Waals surface area contributed by atoms with Crippen molar-refractivity contribution in [3.63, 3.8) is 0 Å². The SMILES string of the molecule is COC(C)(C)C(C)(C)NC(C)(C)C.[Ga]. The summed E-state index contributed by atoms with van der Waals surface area (Å²) in [5.74, 6) is 0. The molecule has 0 aliphatic heterocycles. The maximum absolute atomic E-state index is 5.49. The van der Waals surface area contributed by atoms with E-state index in [1.54, 1.807) is 7.11 Å². The average Bonchev–Trinajstić information content (AvgIpc) is 1.81. The summed E-state index contributed by atoms with van der Waals surface area (Å²) in [4.78, 5) is 0. The molecule has 83 valence electrons. The van der Waals surface area contributed by atoms with E-state index in [1.165, 1.54) is 0 Å². The van der Waals surface area contributed by atoms with E-state index in [0.717, 1.165) is 0 Å². The van der Waals surface area contributed by atoms with Gasteiger partial charge < -0.3 is 10.1 Å². The van der Waals surface area contributed by atoms with Crippen LogP contribution in [0.2, 0.25) is 0 Å². The molecule has 0 unspecified atom stereocenters. The molecule has 0 saturated carbocycles. The predicted molar refractivity (Wildman–Crippen MR) is 63.8 cm³/mol. The molecule has 0 aromatic rings. The van der Waals surface area contributed by atoms with Crippen molar-refractivity contribution in [1.82, 2.24) is 5.32 Å². The van der Waals surface area contributed by atoms with Gasteiger partial charge in [-0.1, -0.05) is 0 Å². The number of nitrogens with one attached hydrogen (secondary N) is 1. The fourth-order valence-electron chi connectivity index (χ4n) is 1.34. The van der Waals surface area contributed by atoms with Gasteiger partial charge in [0.15, 0.2) is 0 Å². The molecule has 0 bridgehead atoms. The molecule has 0 amide bonds. The number of hydrogen-bond acceptors (Lipinski definition) is 2. The van der Waals surface area contributed by atoms with Crippen LogP contribution in [0.3, 0.4) is 0 Å². The minimum absolute atomic E-state index is 0. The van der Waals surface area contributed by atoms with Gasteiger partial charge in [0, 0.05) is 38.0 Å². The predicted octanol–water partition coefficient (Wildman–Crippen LogP) is 2.20. The van der Waals surface area contributed by atoms with Crippen LogP contribution in [-0.2, 0) is 4.74 Å². The first kappa shape index (κ1) is 17.0. The third-order valence-electron chi connectivity index (χ3n) is 2.70. The van der Waals surface area contributed by atoms with E-state index in [2.05, 4.69) is 53.8 Å². The Morgan fingerprint density at radius 2 is 1.21 bits per heavy atom. The van der Waals surface area contributed by atoms with E-state index in [1.807, 2.05) is 0 Å². The zero-order valence-corrected chi connectivity index (χ0v) is 13.4. The van der Waals surface area contributed by atoms with Gasteiger partial charge in [-0.25, -0.2) is 0 Å². The average molecular weight is 257 g/mol. The van der Waals surface area contributed by atoms with Gasteiger partial charge in [0.2, 0.25) is 0 Å². The smallest absolute Gasteiger partial charge is 0.0798 e. The summed E-state index contributed by atoms with van der Waals surface area (Å²) in [5.41, 5.74) is -0.0976. The second-order valence-electron chi connectivity index (χ2n) is 5.71. The van der Waals surface area contributed by atoms with Gasteiger partial charge in [-0.3, -0.25) is 0 Å². The number of hydrogen-bond donors (Lipinski definition) is 1. The van der Waals surface area contributed by atoms with Gasteiger partial charge >= 0.3 is 0 Å². The van der Waals surface area contributed by atoms with Crippen LogP contribution in [0.1, 0.15) is 48.5 Å². The van der Waals surface area contributed by atoms with Crippen molar-refractivity contribution in [2.45, 2.75) is 65.1 Å². The van der Waals surface area contributed by atoms with Crippen LogP contribution in [0.25, 0.3) is 0 Å². The van der Waals surface area contributed by atoms with Gasteiger partial charge in [0.05, 0.1) is 5.60 Å². The third kappa shape index (κ3) is 4.87. The molecule has 0 fully saturated rings. The standard InChI is InChI=1S/C11H25NO.Ga/c1-9(2,3)12-10(4,5)11(6,7)13-8;/h12H,1-8H3;. The van der Waals surface area contributed by atoms with Crippen molar-refractivity contribution in [2.75, 3.05) is 7.11 Å². The molecule has 0 aromatic heterocycles. The summed E-state index contributed by atoms with van der Waals surface area (Å²) in [7, 11) is 1.76. The van der Waals surface area contributed by atoms with Crippen molar-refractivity contribution in [1.29, 1.82) is 0 Å². The normalized spacial score (nSPS) is 13.7. The Morgan fingerprint density at radius 3 is 1.43 bits per heavy atom. The largest absolute Gasteiger partial charge is 0.377 e. The van der Waals surface area contributed by atoms with Crippen molar-refractivity contribution in [3.05, 3.63) is 0 Å². The number of ether oxygens (including phenoxy) is 1. The zero-order valence-electron chi connectivity index (χ0n) is 11.0. The molecule has 0 aliphatic rings. The Labute approximate surface area is 102 Å². The number of rotatable bonds is 3. The van der Waals surface area contributed by atoms with Crippen molar-refractivity contribution >= 4 is 19.8 Å². The third-order valence-corrected chi connectivity index (χ3v) is 2.70. The van der Waals surface area contributed by atoms with Gasteiger partial charge in [-0.2, -0.15) is 0 Å². The summed E-state index contributed by atoms with van der Waals surface area (Å²) in [6.07, 6.45) is 0. The maximum Gasteiger partial charge on any atom is 0.0798 e. The van der Waals surface area contributed by atoms with Crippen LogP contribution in [0.4, 0.5) is 0 Å². The summed E-state index contributed by atoms with van der Waals surface area (Å²) in [6, 6.07) is 0. The van der Waals surface area contributed by atoms with Crippen LogP contribution in [0, 0.1) is 0 Å². The molecule has 1 N–H and O–H groups in total. The minimum atomic E-state index is -0.166. The first-order chi connectivity index (χ1) is 5.52. The summed E-state index contributed by atoms with van der Waals surface area (Å²) in [5, 5.41) is 3.56. The molecule has 3 heteroatoms. The quantitative estimate of drug-likeness (QED) is 0.782. The van der Waals surface area contributed by atoms with Crippen LogP contribution in [0.15, 0.2) is 0 Å². The van der Waals surface area contributed by atoms with E-state index in [9.17, 15) is 0 Å². The Morgan fingerprint density at radius 1 is 0.857 bits per heavy atom. The molecule has 0 rings (SSSR count). The molecule has 0 heterocycles. The molecule has 0 atom stereocenters. The number of methoxy groups -OCH3 is 1. The second-order valence-corrected chi connectivity index (χ2v) is 5.71. The summed E-state index contributed by atoms with van der Waals surface area (Å²) in [6.45, 7) is 15.0. The van der Waals surface area contributed by atoms with Crippen molar-refractivity contribution in [3.8, 4) is 0 Å². The Hall–Kier alpha value is 0.556. The van der Waals surface area contributed by atoms with Crippen LogP contribution >= 0.6 is 0 Å². The molecule has 14 heavy (non-hydrogen) atoms. The van der Waals surface area contributed by atoms with Crippen LogP contribution < -0.4 is 5.32 Å². The maximum atomic E-state index is 5.49. The van der Waals surface area contributed by atoms with E-state index in [4.69, 9.17) is 4.74 Å². The minimum Gasteiger partial charge on any atom is -0.377 e. The van der Waals surface area contributed by atoms with E-state index >= 15 is 0 Å². The fraction of sp³-hybridized carbons (Fsp3) is 1.00. The Balaban J connectivity index is 0. The van der Waals surface area contributed by atoms with Crippen LogP contribution in [-0.4, -0.2) is 43.6 Å². The zero-order chi connectivity index (χ0) is 10.9. The second kappa shape index (κ2) is 5.06. The van der Waals surface area contributed by atoms with Crippen molar-refractivity contribution in [2.24, 2.45) is 0 Å². The van der Waals surface area contributed by atoms with Gasteiger partial charge in [0.25, 0.3) is 0 Å². The Bertz CT molecular complexity index is 171. The molecule has 0 spiro atoms. The molecule has 0 saturated heterocycles. The molecule has 3 radical (unpaired) electrons. The van der Waals surface area contributed by atoms with Crippen molar-refractivity contribution < 1.29 is 4.74 Å². The Kier molecular flexibility index (Phi) is 6.13. The van der Waals surface area contributed by atoms with E-state index in [0.29, 0.717) is 0 Å². The first-order valence-electron chi connectivity index (χ1n) is 4.86. The van der Waals surface area contributed by atoms with E-state index < -0.39 is 0 Å². The van der Waals surface area contributed by atoms with E-state index in [-0.39, 0.29) is 36.5 Å². The molecular formula is C11H25GaNO. The molecular weight excluding hydrogens is 232 g/mol. The summed E-state index contributed by atoms with van der Waals surface area (Å²) >= 11 is 0. The first-order valence-corrected chi connectivity index (χ1v) is 4.86. The molecule has 2 nitrogen and oxygen atoms in total.